The molecule has 0 aliphatic carbocycles. The normalized spacial score (nSPS) is 10.3. The van der Waals surface area contributed by atoms with E-state index in [9.17, 15) is 4.79 Å². The maximum atomic E-state index is 12.4. The summed E-state index contributed by atoms with van der Waals surface area (Å²) in [5, 5.41) is 0.544. The molecule has 0 saturated heterocycles. The molecule has 98 valence electrons. The van der Waals surface area contributed by atoms with Crippen molar-refractivity contribution in [3.63, 3.8) is 0 Å². The van der Waals surface area contributed by atoms with Gasteiger partial charge in [0.1, 0.15) is 5.75 Å². The highest BCUT2D eigenvalue weighted by Gasteiger charge is 2.17. The Morgan fingerprint density at radius 2 is 1.89 bits per heavy atom. The van der Waals surface area contributed by atoms with Crippen molar-refractivity contribution in [3.05, 3.63) is 57.6 Å². The van der Waals surface area contributed by atoms with Gasteiger partial charge in [0.15, 0.2) is 5.78 Å². The van der Waals surface area contributed by atoms with Gasteiger partial charge < -0.3 is 10.5 Å². The monoisotopic (exact) mass is 295 g/mol. The summed E-state index contributed by atoms with van der Waals surface area (Å²) < 4.78 is 5.04. The zero-order valence-corrected chi connectivity index (χ0v) is 11.6. The number of nitrogen functional groups attached to an aromatic ring is 1. The average Bonchev–Trinajstić information content (AvgIpc) is 2.41. The minimum Gasteiger partial charge on any atom is -0.497 e. The third-order valence-corrected chi connectivity index (χ3v) is 3.43. The molecule has 5 heteroatoms. The molecular formula is C14H11Cl2NO2. The number of hydrogen-bond donors (Lipinski definition) is 1. The molecule has 0 spiro atoms. The standard InChI is InChI=1S/C14H11Cl2NO2/c1-19-8-5-6-9(11(15)7-8)14(18)10-3-2-4-12(17)13(10)16/h2-7H,17H2,1H3. The van der Waals surface area contributed by atoms with Crippen LogP contribution in [0, 0.1) is 0 Å². The molecule has 0 saturated carbocycles. The van der Waals surface area contributed by atoms with Crippen LogP contribution in [0.1, 0.15) is 15.9 Å². The van der Waals surface area contributed by atoms with E-state index < -0.39 is 0 Å². The van der Waals surface area contributed by atoms with Crippen LogP contribution in [0.2, 0.25) is 10.0 Å². The number of methoxy groups -OCH3 is 1. The SMILES string of the molecule is COc1ccc(C(=O)c2cccc(N)c2Cl)c(Cl)c1. The van der Waals surface area contributed by atoms with Crippen LogP contribution in [-0.4, -0.2) is 12.9 Å². The van der Waals surface area contributed by atoms with Gasteiger partial charge >= 0.3 is 0 Å². The quantitative estimate of drug-likeness (QED) is 0.692. The predicted octanol–water partition coefficient (Wildman–Crippen LogP) is 3.82. The van der Waals surface area contributed by atoms with Gasteiger partial charge in [0.05, 0.1) is 22.8 Å². The summed E-state index contributed by atoms with van der Waals surface area (Å²) in [6, 6.07) is 9.76. The summed E-state index contributed by atoms with van der Waals surface area (Å²) in [5.41, 5.74) is 6.73. The summed E-state index contributed by atoms with van der Waals surface area (Å²) >= 11 is 12.1. The van der Waals surface area contributed by atoms with E-state index in [0.717, 1.165) is 0 Å². The van der Waals surface area contributed by atoms with Gasteiger partial charge in [-0.3, -0.25) is 4.79 Å². The first-order valence-electron chi connectivity index (χ1n) is 5.47. The molecule has 0 heterocycles. The van der Waals surface area contributed by atoms with Crippen molar-refractivity contribution in [2.24, 2.45) is 0 Å². The number of nitrogens with two attached hydrogens (primary N) is 1. The van der Waals surface area contributed by atoms with Crippen LogP contribution in [0.4, 0.5) is 5.69 Å². The molecule has 2 aromatic rings. The van der Waals surface area contributed by atoms with Gasteiger partial charge in [0.2, 0.25) is 0 Å². The smallest absolute Gasteiger partial charge is 0.196 e. The fourth-order valence-electron chi connectivity index (χ4n) is 1.68. The molecule has 2 N–H and O–H groups in total. The van der Waals surface area contributed by atoms with Crippen molar-refractivity contribution in [3.8, 4) is 5.75 Å². The highest BCUT2D eigenvalue weighted by atomic mass is 35.5. The van der Waals surface area contributed by atoms with Crippen LogP contribution in [0.5, 0.6) is 5.75 Å². The Hall–Kier alpha value is -1.71. The number of ether oxygens (including phenoxy) is 1. The highest BCUT2D eigenvalue weighted by molar-refractivity contribution is 6.39. The first-order valence-corrected chi connectivity index (χ1v) is 6.22. The second-order valence-electron chi connectivity index (χ2n) is 3.88. The number of hydrogen-bond acceptors (Lipinski definition) is 3. The van der Waals surface area contributed by atoms with Gasteiger partial charge in [0, 0.05) is 11.1 Å². The lowest BCUT2D eigenvalue weighted by Gasteiger charge is -2.08. The minimum atomic E-state index is -0.273. The van der Waals surface area contributed by atoms with Crippen molar-refractivity contribution < 1.29 is 9.53 Å². The Morgan fingerprint density at radius 1 is 1.16 bits per heavy atom. The van der Waals surface area contributed by atoms with Crippen LogP contribution < -0.4 is 10.5 Å². The molecule has 0 atom stereocenters. The zero-order valence-electron chi connectivity index (χ0n) is 10.1. The number of rotatable bonds is 3. The molecule has 0 aliphatic rings. The summed E-state index contributed by atoms with van der Waals surface area (Å²) in [6.45, 7) is 0. The number of ketones is 1. The van der Waals surface area contributed by atoms with Gasteiger partial charge in [-0.25, -0.2) is 0 Å². The summed E-state index contributed by atoms with van der Waals surface area (Å²) in [7, 11) is 1.53. The largest absolute Gasteiger partial charge is 0.497 e. The van der Waals surface area contributed by atoms with Crippen LogP contribution in [0.25, 0.3) is 0 Å². The molecule has 19 heavy (non-hydrogen) atoms. The van der Waals surface area contributed by atoms with E-state index in [-0.39, 0.29) is 10.8 Å². The van der Waals surface area contributed by atoms with E-state index in [0.29, 0.717) is 27.6 Å². The molecule has 0 aromatic heterocycles. The van der Waals surface area contributed by atoms with Crippen LogP contribution in [0.3, 0.4) is 0 Å². The van der Waals surface area contributed by atoms with E-state index in [1.54, 1.807) is 36.4 Å². The first kappa shape index (κ1) is 13.7. The molecule has 0 aliphatic heterocycles. The van der Waals surface area contributed by atoms with Crippen molar-refractivity contribution in [2.75, 3.05) is 12.8 Å². The Labute approximate surface area is 120 Å². The van der Waals surface area contributed by atoms with Crippen LogP contribution in [0.15, 0.2) is 36.4 Å². The lowest BCUT2D eigenvalue weighted by molar-refractivity contribution is 0.103. The van der Waals surface area contributed by atoms with Crippen LogP contribution >= 0.6 is 23.2 Å². The predicted molar refractivity (Wildman–Crippen MR) is 77.3 cm³/mol. The summed E-state index contributed by atoms with van der Waals surface area (Å²) in [4.78, 5) is 12.4. The van der Waals surface area contributed by atoms with Gasteiger partial charge in [-0.05, 0) is 30.3 Å². The first-order chi connectivity index (χ1) is 9.04. The fourth-order valence-corrected chi connectivity index (χ4v) is 2.15. The van der Waals surface area contributed by atoms with Gasteiger partial charge in [-0.2, -0.15) is 0 Å². The van der Waals surface area contributed by atoms with E-state index >= 15 is 0 Å². The van der Waals surface area contributed by atoms with E-state index in [2.05, 4.69) is 0 Å². The highest BCUT2D eigenvalue weighted by Crippen LogP contribution is 2.29. The molecule has 2 rings (SSSR count). The second kappa shape index (κ2) is 5.51. The number of carbonyl (C=O) groups excluding carboxylic acids is 1. The molecule has 0 unspecified atom stereocenters. The third kappa shape index (κ3) is 2.67. The lowest BCUT2D eigenvalue weighted by atomic mass is 10.0. The van der Waals surface area contributed by atoms with Crippen molar-refractivity contribution in [1.29, 1.82) is 0 Å². The fraction of sp³-hybridized carbons (Fsp3) is 0.0714. The Balaban J connectivity index is 2.47. The van der Waals surface area contributed by atoms with E-state index in [4.69, 9.17) is 33.7 Å². The maximum Gasteiger partial charge on any atom is 0.196 e. The second-order valence-corrected chi connectivity index (χ2v) is 4.67. The number of benzene rings is 2. The summed E-state index contributed by atoms with van der Waals surface area (Å²) in [5.74, 6) is 0.310. The van der Waals surface area contributed by atoms with E-state index in [1.807, 2.05) is 0 Å². The molecular weight excluding hydrogens is 285 g/mol. The zero-order chi connectivity index (χ0) is 14.0. The molecule has 2 aromatic carbocycles. The van der Waals surface area contributed by atoms with E-state index in [1.165, 1.54) is 7.11 Å². The third-order valence-electron chi connectivity index (χ3n) is 2.69. The number of carbonyl (C=O) groups is 1. The van der Waals surface area contributed by atoms with Crippen LogP contribution in [-0.2, 0) is 0 Å². The average molecular weight is 296 g/mol. The molecule has 0 amide bonds. The molecule has 3 nitrogen and oxygen atoms in total. The van der Waals surface area contributed by atoms with Gasteiger partial charge in [-0.15, -0.1) is 0 Å². The maximum absolute atomic E-state index is 12.4. The lowest BCUT2D eigenvalue weighted by Crippen LogP contribution is -2.04. The molecule has 0 bridgehead atoms. The van der Waals surface area contributed by atoms with Gasteiger partial charge in [-0.1, -0.05) is 29.3 Å². The Bertz CT molecular complexity index is 641. The van der Waals surface area contributed by atoms with Crippen molar-refractivity contribution in [2.45, 2.75) is 0 Å². The Kier molecular flexibility index (Phi) is 3.98. The van der Waals surface area contributed by atoms with Crippen molar-refractivity contribution in [1.82, 2.24) is 0 Å². The van der Waals surface area contributed by atoms with Gasteiger partial charge in [0.25, 0.3) is 0 Å². The van der Waals surface area contributed by atoms with Crippen molar-refractivity contribution >= 4 is 34.7 Å². The number of halogens is 2. The number of anilines is 1. The topological polar surface area (TPSA) is 52.3 Å². The Morgan fingerprint density at radius 3 is 2.53 bits per heavy atom. The molecule has 0 fully saturated rings. The molecule has 0 radical (unpaired) electrons. The minimum absolute atomic E-state index is 0.236. The summed E-state index contributed by atoms with van der Waals surface area (Å²) in [6.07, 6.45) is 0.